The van der Waals surface area contributed by atoms with Crippen LogP contribution in [-0.2, 0) is 0 Å². The molecule has 21 heavy (non-hydrogen) atoms. The highest BCUT2D eigenvalue weighted by molar-refractivity contribution is 5.74. The van der Waals surface area contributed by atoms with E-state index in [1.807, 2.05) is 28.9 Å². The van der Waals surface area contributed by atoms with Gasteiger partial charge in [-0.15, -0.1) is 5.10 Å². The first kappa shape index (κ1) is 12.1. The van der Waals surface area contributed by atoms with Crippen LogP contribution < -0.4 is 0 Å². The quantitative estimate of drug-likeness (QED) is 0.727. The summed E-state index contributed by atoms with van der Waals surface area (Å²) in [6.45, 7) is 0. The molecule has 0 saturated carbocycles. The molecule has 102 valence electrons. The number of hydrogen-bond donors (Lipinski definition) is 0. The predicted molar refractivity (Wildman–Crippen MR) is 83.9 cm³/mol. The number of nitrogens with zero attached hydrogens (tertiary/aromatic N) is 3. The smallest absolute Gasteiger partial charge is 0.113 e. The molecule has 1 aliphatic rings. The third-order valence-electron chi connectivity index (χ3n) is 3.92. The summed E-state index contributed by atoms with van der Waals surface area (Å²) in [4.78, 5) is 0. The first-order valence-electron chi connectivity index (χ1n) is 7.13. The highest BCUT2D eigenvalue weighted by Gasteiger charge is 2.24. The lowest BCUT2D eigenvalue weighted by Crippen LogP contribution is -2.18. The molecule has 3 aromatic rings. The van der Waals surface area contributed by atoms with Gasteiger partial charge in [0.15, 0.2) is 0 Å². The molecule has 1 heterocycles. The van der Waals surface area contributed by atoms with E-state index in [1.54, 1.807) is 0 Å². The van der Waals surface area contributed by atoms with Crippen LogP contribution in [0.3, 0.4) is 0 Å². The Morgan fingerprint density at radius 2 is 1.57 bits per heavy atom. The van der Waals surface area contributed by atoms with E-state index in [1.165, 1.54) is 5.56 Å². The van der Waals surface area contributed by atoms with Crippen molar-refractivity contribution >= 4 is 11.0 Å². The zero-order chi connectivity index (χ0) is 14.1. The van der Waals surface area contributed by atoms with Crippen LogP contribution in [0.5, 0.6) is 0 Å². The molecule has 2 aromatic carbocycles. The van der Waals surface area contributed by atoms with Crippen LogP contribution >= 0.6 is 0 Å². The minimum absolute atomic E-state index is 0.133. The first-order chi connectivity index (χ1) is 10.4. The van der Waals surface area contributed by atoms with Crippen LogP contribution in [0.4, 0.5) is 0 Å². The Hall–Kier alpha value is -2.68. The molecule has 0 radical (unpaired) electrons. The summed E-state index contributed by atoms with van der Waals surface area (Å²) in [6, 6.07) is 18.7. The Morgan fingerprint density at radius 1 is 0.857 bits per heavy atom. The van der Waals surface area contributed by atoms with Crippen molar-refractivity contribution in [2.24, 2.45) is 5.92 Å². The van der Waals surface area contributed by atoms with Crippen LogP contribution in [0.25, 0.3) is 11.0 Å². The number of rotatable bonds is 3. The molecule has 0 spiro atoms. The Labute approximate surface area is 123 Å². The molecule has 1 aromatic heterocycles. The molecule has 3 nitrogen and oxygen atoms in total. The van der Waals surface area contributed by atoms with Crippen LogP contribution in [0.15, 0.2) is 78.9 Å². The third kappa shape index (κ3) is 2.07. The molecule has 1 unspecified atom stereocenters. The van der Waals surface area contributed by atoms with Gasteiger partial charge in [0.25, 0.3) is 0 Å². The van der Waals surface area contributed by atoms with Gasteiger partial charge in [-0.25, -0.2) is 4.68 Å². The summed E-state index contributed by atoms with van der Waals surface area (Å²) < 4.78 is 2.04. The summed E-state index contributed by atoms with van der Waals surface area (Å²) >= 11 is 0. The summed E-state index contributed by atoms with van der Waals surface area (Å²) in [5, 5.41) is 8.72. The maximum atomic E-state index is 4.42. The Morgan fingerprint density at radius 3 is 2.38 bits per heavy atom. The molecule has 3 heteroatoms. The lowest BCUT2D eigenvalue weighted by atomic mass is 9.94. The van der Waals surface area contributed by atoms with Gasteiger partial charge in [0.1, 0.15) is 5.52 Å². The number of allylic oxidation sites excluding steroid dienone is 4. The van der Waals surface area contributed by atoms with Gasteiger partial charge < -0.3 is 0 Å². The number of aromatic nitrogens is 3. The standard InChI is InChI=1S/C18H15N3/c1-2-8-14(9-3-1)18(15-10-4-5-11-15)21-17-13-7-6-12-16(17)19-20-21/h1-13,15,18H. The largest absolute Gasteiger partial charge is 0.236 e. The van der Waals surface area contributed by atoms with E-state index in [-0.39, 0.29) is 6.04 Å². The summed E-state index contributed by atoms with van der Waals surface area (Å²) in [7, 11) is 0. The van der Waals surface area contributed by atoms with Gasteiger partial charge in [-0.3, -0.25) is 0 Å². The Bertz CT molecular complexity index is 803. The molecule has 0 amide bonds. The van der Waals surface area contributed by atoms with E-state index in [0.29, 0.717) is 5.92 Å². The average molecular weight is 273 g/mol. The monoisotopic (exact) mass is 273 g/mol. The molecule has 0 N–H and O–H groups in total. The fourth-order valence-corrected chi connectivity index (χ4v) is 2.93. The lowest BCUT2D eigenvalue weighted by Gasteiger charge is -2.22. The minimum atomic E-state index is 0.133. The van der Waals surface area contributed by atoms with Crippen LogP contribution in [-0.4, -0.2) is 15.0 Å². The minimum Gasteiger partial charge on any atom is -0.236 e. The molecule has 0 saturated heterocycles. The molecule has 1 atom stereocenters. The van der Waals surface area contributed by atoms with Crippen molar-refractivity contribution in [3.8, 4) is 0 Å². The summed E-state index contributed by atoms with van der Waals surface area (Å²) in [5.41, 5.74) is 3.25. The molecular weight excluding hydrogens is 258 g/mol. The van der Waals surface area contributed by atoms with Crippen molar-refractivity contribution in [3.63, 3.8) is 0 Å². The highest BCUT2D eigenvalue weighted by Crippen LogP contribution is 2.32. The van der Waals surface area contributed by atoms with Crippen molar-refractivity contribution in [1.29, 1.82) is 0 Å². The predicted octanol–water partition coefficient (Wildman–Crippen LogP) is 3.76. The van der Waals surface area contributed by atoms with Crippen molar-refractivity contribution in [2.45, 2.75) is 6.04 Å². The van der Waals surface area contributed by atoms with Crippen molar-refractivity contribution < 1.29 is 0 Å². The highest BCUT2D eigenvalue weighted by atomic mass is 15.4. The second-order valence-electron chi connectivity index (χ2n) is 5.23. The molecule has 0 bridgehead atoms. The molecule has 1 aliphatic carbocycles. The van der Waals surface area contributed by atoms with Gasteiger partial charge in [-0.2, -0.15) is 0 Å². The number of hydrogen-bond acceptors (Lipinski definition) is 2. The van der Waals surface area contributed by atoms with Crippen molar-refractivity contribution in [1.82, 2.24) is 15.0 Å². The van der Waals surface area contributed by atoms with E-state index in [2.05, 4.69) is 64.9 Å². The van der Waals surface area contributed by atoms with Gasteiger partial charge in [0.2, 0.25) is 0 Å². The van der Waals surface area contributed by atoms with Gasteiger partial charge in [-0.05, 0) is 17.7 Å². The zero-order valence-electron chi connectivity index (χ0n) is 11.5. The number of benzene rings is 2. The van der Waals surface area contributed by atoms with E-state index in [0.717, 1.165) is 11.0 Å². The lowest BCUT2D eigenvalue weighted by molar-refractivity contribution is 0.466. The second-order valence-corrected chi connectivity index (χ2v) is 5.23. The van der Waals surface area contributed by atoms with Gasteiger partial charge >= 0.3 is 0 Å². The van der Waals surface area contributed by atoms with Crippen LogP contribution in [0.2, 0.25) is 0 Å². The fourth-order valence-electron chi connectivity index (χ4n) is 2.93. The SMILES string of the molecule is C1=CC(C(c2ccccc2)n2nnc3ccccc32)C=C1. The van der Waals surface area contributed by atoms with Crippen molar-refractivity contribution in [3.05, 3.63) is 84.5 Å². The second kappa shape index (κ2) is 5.02. The van der Waals surface area contributed by atoms with E-state index in [9.17, 15) is 0 Å². The Balaban J connectivity index is 1.90. The van der Waals surface area contributed by atoms with Crippen LogP contribution in [0.1, 0.15) is 11.6 Å². The Kier molecular flexibility index (Phi) is 2.89. The zero-order valence-corrected chi connectivity index (χ0v) is 11.5. The fraction of sp³-hybridized carbons (Fsp3) is 0.111. The summed E-state index contributed by atoms with van der Waals surface area (Å²) in [5.74, 6) is 0.303. The maximum Gasteiger partial charge on any atom is 0.113 e. The van der Waals surface area contributed by atoms with Gasteiger partial charge in [0, 0.05) is 5.92 Å². The normalized spacial score (nSPS) is 15.8. The van der Waals surface area contributed by atoms with E-state index < -0.39 is 0 Å². The number of fused-ring (bicyclic) bond motifs is 1. The van der Waals surface area contributed by atoms with Gasteiger partial charge in [-0.1, -0.05) is 72.0 Å². The third-order valence-corrected chi connectivity index (χ3v) is 3.92. The molecular formula is C18H15N3. The van der Waals surface area contributed by atoms with Crippen molar-refractivity contribution in [2.75, 3.05) is 0 Å². The van der Waals surface area contributed by atoms with Gasteiger partial charge in [0.05, 0.1) is 11.6 Å². The van der Waals surface area contributed by atoms with E-state index >= 15 is 0 Å². The maximum absolute atomic E-state index is 4.42. The average Bonchev–Trinajstić information content (AvgIpc) is 3.20. The molecule has 4 rings (SSSR count). The number of para-hydroxylation sites is 1. The van der Waals surface area contributed by atoms with Crippen LogP contribution in [0, 0.1) is 5.92 Å². The summed E-state index contributed by atoms with van der Waals surface area (Å²) in [6.07, 6.45) is 8.63. The first-order valence-corrected chi connectivity index (χ1v) is 7.13. The van der Waals surface area contributed by atoms with E-state index in [4.69, 9.17) is 0 Å². The topological polar surface area (TPSA) is 30.7 Å². The molecule has 0 aliphatic heterocycles. The molecule has 0 fully saturated rings.